The number of carboxylic acid groups (broad SMARTS) is 1. The van der Waals surface area contributed by atoms with Crippen LogP contribution in [0.4, 0.5) is 13.2 Å². The second-order valence-corrected chi connectivity index (χ2v) is 4.02. The summed E-state index contributed by atoms with van der Waals surface area (Å²) >= 11 is 0. The number of hydrogen-bond acceptors (Lipinski definition) is 1. The molecule has 0 aliphatic rings. The van der Waals surface area contributed by atoms with E-state index < -0.39 is 24.5 Å². The normalized spacial score (nSPS) is 13.7. The number of hydrogen-bond donors (Lipinski definition) is 2. The van der Waals surface area contributed by atoms with Crippen LogP contribution in [0.5, 0.6) is 0 Å². The molecule has 2 N–H and O–H groups in total. The van der Waals surface area contributed by atoms with Gasteiger partial charge in [0.15, 0.2) is 0 Å². The number of rotatable bonds is 3. The molecule has 0 saturated heterocycles. The minimum Gasteiger partial charge on any atom is -0.481 e. The van der Waals surface area contributed by atoms with E-state index in [1.165, 1.54) is 18.2 Å². The van der Waals surface area contributed by atoms with Gasteiger partial charge in [-0.2, -0.15) is 13.2 Å². The van der Waals surface area contributed by atoms with Gasteiger partial charge in [0.2, 0.25) is 0 Å². The molecule has 0 amide bonds. The SMILES string of the molecule is O=C(O)CC(c1ccc2[nH]ccc2c1)C(F)(F)F. The van der Waals surface area contributed by atoms with Crippen LogP contribution in [0.2, 0.25) is 0 Å². The van der Waals surface area contributed by atoms with E-state index in [1.54, 1.807) is 12.3 Å². The number of aliphatic carboxylic acids is 1. The maximum absolute atomic E-state index is 12.8. The second-order valence-electron chi connectivity index (χ2n) is 4.02. The van der Waals surface area contributed by atoms with E-state index >= 15 is 0 Å². The van der Waals surface area contributed by atoms with Gasteiger partial charge in [-0.25, -0.2) is 0 Å². The summed E-state index contributed by atoms with van der Waals surface area (Å²) in [6, 6.07) is 5.84. The summed E-state index contributed by atoms with van der Waals surface area (Å²) in [5.74, 6) is -3.44. The van der Waals surface area contributed by atoms with Gasteiger partial charge in [-0.1, -0.05) is 6.07 Å². The minimum atomic E-state index is -4.57. The third-order valence-electron chi connectivity index (χ3n) is 2.75. The number of fused-ring (bicyclic) bond motifs is 1. The van der Waals surface area contributed by atoms with Crippen molar-refractivity contribution in [3.8, 4) is 0 Å². The average Bonchev–Trinajstić information content (AvgIpc) is 2.70. The highest BCUT2D eigenvalue weighted by atomic mass is 19.4. The molecule has 0 saturated carbocycles. The van der Waals surface area contributed by atoms with E-state index in [1.807, 2.05) is 0 Å². The molecule has 0 radical (unpaired) electrons. The molecule has 2 aromatic rings. The highest BCUT2D eigenvalue weighted by Gasteiger charge is 2.42. The number of carboxylic acids is 1. The standard InChI is InChI=1S/C12H10F3NO2/c13-12(14,15)9(6-11(17)18)7-1-2-10-8(5-7)3-4-16-10/h1-5,9,16H,6H2,(H,17,18). The first-order valence-corrected chi connectivity index (χ1v) is 5.23. The van der Waals surface area contributed by atoms with Gasteiger partial charge in [0.1, 0.15) is 0 Å². The summed E-state index contributed by atoms with van der Waals surface area (Å²) in [6.45, 7) is 0. The van der Waals surface area contributed by atoms with Crippen molar-refractivity contribution in [3.05, 3.63) is 36.0 Å². The maximum Gasteiger partial charge on any atom is 0.396 e. The zero-order valence-corrected chi connectivity index (χ0v) is 9.16. The number of aromatic nitrogens is 1. The van der Waals surface area contributed by atoms with E-state index in [9.17, 15) is 18.0 Å². The first-order valence-electron chi connectivity index (χ1n) is 5.23. The van der Waals surface area contributed by atoms with Gasteiger partial charge in [0, 0.05) is 11.7 Å². The third-order valence-corrected chi connectivity index (χ3v) is 2.75. The Balaban J connectivity index is 2.43. The van der Waals surface area contributed by atoms with Crippen molar-refractivity contribution in [1.82, 2.24) is 4.98 Å². The van der Waals surface area contributed by atoms with Crippen molar-refractivity contribution in [2.24, 2.45) is 0 Å². The van der Waals surface area contributed by atoms with Crippen molar-refractivity contribution >= 4 is 16.9 Å². The molecule has 1 unspecified atom stereocenters. The molecule has 0 spiro atoms. The minimum absolute atomic E-state index is 0.0306. The van der Waals surface area contributed by atoms with Crippen molar-refractivity contribution < 1.29 is 23.1 Å². The first-order chi connectivity index (χ1) is 8.38. The number of aromatic amines is 1. The molecular formula is C12H10F3NO2. The molecule has 96 valence electrons. The summed E-state index contributed by atoms with van der Waals surface area (Å²) in [6.07, 6.45) is -3.91. The van der Waals surface area contributed by atoms with Gasteiger partial charge in [0.05, 0.1) is 12.3 Å². The Morgan fingerprint density at radius 2 is 2.06 bits per heavy atom. The highest BCUT2D eigenvalue weighted by Crippen LogP contribution is 2.38. The van der Waals surface area contributed by atoms with E-state index in [2.05, 4.69) is 4.98 Å². The lowest BCUT2D eigenvalue weighted by Gasteiger charge is -2.19. The zero-order valence-electron chi connectivity index (χ0n) is 9.16. The van der Waals surface area contributed by atoms with E-state index in [4.69, 9.17) is 5.11 Å². The lowest BCUT2D eigenvalue weighted by atomic mass is 9.94. The Hall–Kier alpha value is -1.98. The Bertz CT molecular complexity index is 574. The smallest absolute Gasteiger partial charge is 0.396 e. The van der Waals surface area contributed by atoms with Crippen LogP contribution in [0.25, 0.3) is 10.9 Å². The number of alkyl halides is 3. The van der Waals surface area contributed by atoms with Gasteiger partial charge in [-0.15, -0.1) is 0 Å². The van der Waals surface area contributed by atoms with Gasteiger partial charge in [0.25, 0.3) is 0 Å². The number of nitrogens with one attached hydrogen (secondary N) is 1. The summed E-state index contributed by atoms with van der Waals surface area (Å²) in [7, 11) is 0. The topological polar surface area (TPSA) is 53.1 Å². The van der Waals surface area contributed by atoms with Crippen molar-refractivity contribution in [2.75, 3.05) is 0 Å². The average molecular weight is 257 g/mol. The number of carbonyl (C=O) groups is 1. The number of benzene rings is 1. The summed E-state index contributed by atoms with van der Waals surface area (Å²) in [5.41, 5.74) is 0.687. The van der Waals surface area contributed by atoms with Crippen LogP contribution < -0.4 is 0 Å². The van der Waals surface area contributed by atoms with Gasteiger partial charge >= 0.3 is 12.1 Å². The fourth-order valence-corrected chi connectivity index (χ4v) is 1.89. The molecule has 1 aromatic carbocycles. The first kappa shape index (κ1) is 12.5. The Labute approximate surface area is 100 Å². The largest absolute Gasteiger partial charge is 0.481 e. The summed E-state index contributed by atoms with van der Waals surface area (Å²) < 4.78 is 38.5. The quantitative estimate of drug-likeness (QED) is 0.886. The van der Waals surface area contributed by atoms with Crippen LogP contribution in [-0.4, -0.2) is 22.2 Å². The summed E-state index contributed by atoms with van der Waals surface area (Å²) in [4.78, 5) is 13.4. The molecule has 0 aliphatic heterocycles. The summed E-state index contributed by atoms with van der Waals surface area (Å²) in [5, 5.41) is 9.21. The zero-order chi connectivity index (χ0) is 13.3. The Morgan fingerprint density at radius 1 is 1.33 bits per heavy atom. The van der Waals surface area contributed by atoms with E-state index in [0.29, 0.717) is 5.39 Å². The number of H-pyrrole nitrogens is 1. The lowest BCUT2D eigenvalue weighted by molar-refractivity contribution is -0.163. The van der Waals surface area contributed by atoms with Crippen molar-refractivity contribution in [1.29, 1.82) is 0 Å². The Kier molecular flexibility index (Phi) is 3.02. The van der Waals surface area contributed by atoms with Gasteiger partial charge < -0.3 is 10.1 Å². The van der Waals surface area contributed by atoms with Crippen LogP contribution in [0.3, 0.4) is 0 Å². The Morgan fingerprint density at radius 3 is 2.67 bits per heavy atom. The predicted octanol–water partition coefficient (Wildman–Crippen LogP) is 3.29. The second kappa shape index (κ2) is 4.36. The maximum atomic E-state index is 12.8. The van der Waals surface area contributed by atoms with Crippen molar-refractivity contribution in [3.63, 3.8) is 0 Å². The fourth-order valence-electron chi connectivity index (χ4n) is 1.89. The monoisotopic (exact) mass is 257 g/mol. The predicted molar refractivity (Wildman–Crippen MR) is 59.3 cm³/mol. The molecule has 1 heterocycles. The van der Waals surface area contributed by atoms with E-state index in [-0.39, 0.29) is 5.56 Å². The van der Waals surface area contributed by atoms with Gasteiger partial charge in [-0.05, 0) is 29.1 Å². The molecule has 18 heavy (non-hydrogen) atoms. The third kappa shape index (κ3) is 2.47. The molecule has 3 nitrogen and oxygen atoms in total. The molecular weight excluding hydrogens is 247 g/mol. The van der Waals surface area contributed by atoms with Crippen LogP contribution in [0.15, 0.2) is 30.5 Å². The van der Waals surface area contributed by atoms with Crippen molar-refractivity contribution in [2.45, 2.75) is 18.5 Å². The molecule has 0 aliphatic carbocycles. The van der Waals surface area contributed by atoms with Crippen LogP contribution in [0.1, 0.15) is 17.9 Å². The molecule has 1 aromatic heterocycles. The van der Waals surface area contributed by atoms with Gasteiger partial charge in [-0.3, -0.25) is 4.79 Å². The number of halogens is 3. The molecule has 1 atom stereocenters. The molecule has 6 heteroatoms. The van der Waals surface area contributed by atoms with Crippen LogP contribution >= 0.6 is 0 Å². The highest BCUT2D eigenvalue weighted by molar-refractivity contribution is 5.80. The van der Waals surface area contributed by atoms with Crippen LogP contribution in [-0.2, 0) is 4.79 Å². The molecule has 2 rings (SSSR count). The fraction of sp³-hybridized carbons (Fsp3) is 0.250. The van der Waals surface area contributed by atoms with E-state index in [0.717, 1.165) is 5.52 Å². The lowest BCUT2D eigenvalue weighted by Crippen LogP contribution is -2.23. The molecule has 0 bridgehead atoms. The van der Waals surface area contributed by atoms with Crippen LogP contribution in [0, 0.1) is 0 Å². The molecule has 0 fully saturated rings.